The van der Waals surface area contributed by atoms with Crippen LogP contribution >= 0.6 is 0 Å². The minimum absolute atomic E-state index is 0.00553. The third-order valence-corrected chi connectivity index (χ3v) is 5.06. The van der Waals surface area contributed by atoms with Crippen molar-refractivity contribution in [3.63, 3.8) is 0 Å². The molecule has 1 aromatic carbocycles. The average molecular weight is 345 g/mol. The topological polar surface area (TPSA) is 64.6 Å². The molecular weight excluding hydrogens is 318 g/mol. The van der Waals surface area contributed by atoms with E-state index in [0.717, 1.165) is 12.0 Å². The fourth-order valence-electron chi connectivity index (χ4n) is 3.18. The van der Waals surface area contributed by atoms with E-state index in [1.165, 1.54) is 14.0 Å². The molecule has 5 heteroatoms. The van der Waals surface area contributed by atoms with E-state index < -0.39 is 5.97 Å². The van der Waals surface area contributed by atoms with Crippen molar-refractivity contribution in [3.8, 4) is 0 Å². The average Bonchev–Trinajstić information content (AvgIpc) is 2.59. The highest BCUT2D eigenvalue weighted by Crippen LogP contribution is 2.52. The number of benzene rings is 1. The largest absolute Gasteiger partial charge is 0.464 e. The van der Waals surface area contributed by atoms with Crippen LogP contribution in [-0.4, -0.2) is 25.6 Å². The zero-order valence-electron chi connectivity index (χ0n) is 15.4. The Bertz CT molecular complexity index is 636. The maximum Gasteiger partial charge on any atom is 0.354 e. The van der Waals surface area contributed by atoms with Gasteiger partial charge in [0.25, 0.3) is 0 Å². The van der Waals surface area contributed by atoms with E-state index in [1.807, 2.05) is 36.4 Å². The standard InChI is InChI=1S/C20H27NO4/c1-14(22)21-18(19(23)24-4)11-16-10-17(20(16,2)3)13-25-12-15-8-6-5-7-9-15/h5-9,11,16-17H,10,12-13H2,1-4H3,(H,21,22)/b18-11-/t16-,17+/m0/s1. The van der Waals surface area contributed by atoms with E-state index in [9.17, 15) is 9.59 Å². The van der Waals surface area contributed by atoms with Crippen molar-refractivity contribution in [2.45, 2.75) is 33.8 Å². The Labute approximate surface area is 149 Å². The molecule has 1 aliphatic carbocycles. The number of carbonyl (C=O) groups is 2. The normalized spacial score (nSPS) is 22.0. The Balaban J connectivity index is 1.91. The van der Waals surface area contributed by atoms with Gasteiger partial charge in [0.2, 0.25) is 5.91 Å². The number of esters is 1. The first-order valence-corrected chi connectivity index (χ1v) is 8.54. The number of hydrogen-bond acceptors (Lipinski definition) is 4. The summed E-state index contributed by atoms with van der Waals surface area (Å²) in [5.41, 5.74) is 1.38. The molecule has 5 nitrogen and oxygen atoms in total. The Morgan fingerprint density at radius 2 is 1.96 bits per heavy atom. The smallest absolute Gasteiger partial charge is 0.354 e. The summed E-state index contributed by atoms with van der Waals surface area (Å²) in [5.74, 6) is -0.196. The first-order chi connectivity index (χ1) is 11.8. The highest BCUT2D eigenvalue weighted by atomic mass is 16.5. The first kappa shape index (κ1) is 19.2. The fraction of sp³-hybridized carbons (Fsp3) is 0.500. The summed E-state index contributed by atoms with van der Waals surface area (Å²) in [7, 11) is 1.31. The maximum atomic E-state index is 11.8. The molecule has 1 fully saturated rings. The number of ether oxygens (including phenoxy) is 2. The van der Waals surface area contributed by atoms with Crippen molar-refractivity contribution < 1.29 is 19.1 Å². The molecule has 0 aromatic heterocycles. The third-order valence-electron chi connectivity index (χ3n) is 5.06. The van der Waals surface area contributed by atoms with E-state index in [-0.39, 0.29) is 22.9 Å². The lowest BCUT2D eigenvalue weighted by molar-refractivity contribution is -0.137. The molecule has 136 valence electrons. The predicted molar refractivity (Wildman–Crippen MR) is 95.4 cm³/mol. The van der Waals surface area contributed by atoms with Crippen LogP contribution in [0.2, 0.25) is 0 Å². The highest BCUT2D eigenvalue weighted by Gasteiger charge is 2.47. The minimum atomic E-state index is -0.519. The van der Waals surface area contributed by atoms with E-state index in [0.29, 0.717) is 19.1 Å². The second-order valence-electron chi connectivity index (χ2n) is 7.11. The molecule has 1 aromatic rings. The molecule has 0 radical (unpaired) electrons. The van der Waals surface area contributed by atoms with Crippen LogP contribution in [0, 0.1) is 17.3 Å². The summed E-state index contributed by atoms with van der Waals surface area (Å²) in [6.45, 7) is 6.99. The molecule has 0 unspecified atom stereocenters. The van der Waals surface area contributed by atoms with Gasteiger partial charge in [0.05, 0.1) is 20.3 Å². The maximum absolute atomic E-state index is 11.8. The molecule has 0 bridgehead atoms. The van der Waals surface area contributed by atoms with Gasteiger partial charge in [-0.15, -0.1) is 0 Å². The molecular formula is C20H27NO4. The molecule has 25 heavy (non-hydrogen) atoms. The molecule has 0 aliphatic heterocycles. The molecule has 0 spiro atoms. The number of carbonyl (C=O) groups excluding carboxylic acids is 2. The molecule has 1 saturated carbocycles. The number of methoxy groups -OCH3 is 1. The number of allylic oxidation sites excluding steroid dienone is 1. The second kappa shape index (κ2) is 8.30. The second-order valence-corrected chi connectivity index (χ2v) is 7.11. The molecule has 1 aliphatic rings. The number of amides is 1. The van der Waals surface area contributed by atoms with E-state index in [4.69, 9.17) is 9.47 Å². The van der Waals surface area contributed by atoms with Crippen molar-refractivity contribution in [3.05, 3.63) is 47.7 Å². The van der Waals surface area contributed by atoms with E-state index in [1.54, 1.807) is 0 Å². The van der Waals surface area contributed by atoms with Gasteiger partial charge in [-0.3, -0.25) is 4.79 Å². The Morgan fingerprint density at radius 1 is 1.28 bits per heavy atom. The van der Waals surface area contributed by atoms with Crippen LogP contribution < -0.4 is 5.32 Å². The summed E-state index contributed by atoms with van der Waals surface area (Å²) < 4.78 is 10.6. The van der Waals surface area contributed by atoms with Crippen LogP contribution in [0.5, 0.6) is 0 Å². The monoisotopic (exact) mass is 345 g/mol. The fourth-order valence-corrected chi connectivity index (χ4v) is 3.18. The van der Waals surface area contributed by atoms with Crippen LogP contribution in [0.25, 0.3) is 0 Å². The predicted octanol–water partition coefficient (Wildman–Crippen LogP) is 3.06. The van der Waals surface area contributed by atoms with Crippen LogP contribution in [0.1, 0.15) is 32.8 Å². The molecule has 0 saturated heterocycles. The van der Waals surface area contributed by atoms with Gasteiger partial charge in [-0.05, 0) is 35.3 Å². The lowest BCUT2D eigenvalue weighted by Gasteiger charge is -2.51. The van der Waals surface area contributed by atoms with Gasteiger partial charge in [-0.1, -0.05) is 44.2 Å². The molecule has 1 amide bonds. The SMILES string of the molecule is COC(=O)/C(=C/[C@@H]1C[C@H](COCc2ccccc2)C1(C)C)NC(C)=O. The van der Waals surface area contributed by atoms with Crippen LogP contribution in [0.15, 0.2) is 42.1 Å². The summed E-state index contributed by atoms with van der Waals surface area (Å²) in [4.78, 5) is 23.1. The van der Waals surface area contributed by atoms with Gasteiger partial charge in [0, 0.05) is 6.92 Å². The number of rotatable bonds is 7. The molecule has 1 N–H and O–H groups in total. The lowest BCUT2D eigenvalue weighted by atomic mass is 9.55. The first-order valence-electron chi connectivity index (χ1n) is 8.54. The quantitative estimate of drug-likeness (QED) is 0.609. The zero-order chi connectivity index (χ0) is 18.4. The van der Waals surface area contributed by atoms with Gasteiger partial charge in [0.1, 0.15) is 5.70 Å². The summed E-state index contributed by atoms with van der Waals surface area (Å²) in [6.07, 6.45) is 2.74. The number of hydrogen-bond donors (Lipinski definition) is 1. The zero-order valence-corrected chi connectivity index (χ0v) is 15.4. The molecule has 0 heterocycles. The van der Waals surface area contributed by atoms with Gasteiger partial charge in [-0.2, -0.15) is 0 Å². The molecule has 2 rings (SSSR count). The Morgan fingerprint density at radius 3 is 2.52 bits per heavy atom. The highest BCUT2D eigenvalue weighted by molar-refractivity contribution is 5.93. The Kier molecular flexibility index (Phi) is 6.37. The van der Waals surface area contributed by atoms with Crippen molar-refractivity contribution in [1.82, 2.24) is 5.32 Å². The van der Waals surface area contributed by atoms with Gasteiger partial charge in [0.15, 0.2) is 0 Å². The summed E-state index contributed by atoms with van der Waals surface area (Å²) >= 11 is 0. The van der Waals surface area contributed by atoms with Crippen LogP contribution in [0.4, 0.5) is 0 Å². The van der Waals surface area contributed by atoms with Crippen LogP contribution in [0.3, 0.4) is 0 Å². The van der Waals surface area contributed by atoms with Gasteiger partial charge < -0.3 is 14.8 Å². The van der Waals surface area contributed by atoms with E-state index >= 15 is 0 Å². The van der Waals surface area contributed by atoms with Crippen molar-refractivity contribution in [2.75, 3.05) is 13.7 Å². The molecule has 2 atom stereocenters. The summed E-state index contributed by atoms with van der Waals surface area (Å²) in [6, 6.07) is 10.1. The number of nitrogens with one attached hydrogen (secondary N) is 1. The van der Waals surface area contributed by atoms with E-state index in [2.05, 4.69) is 19.2 Å². The van der Waals surface area contributed by atoms with Gasteiger partial charge >= 0.3 is 5.97 Å². The Hall–Kier alpha value is -2.14. The summed E-state index contributed by atoms with van der Waals surface area (Å²) in [5, 5.41) is 2.56. The third kappa shape index (κ3) is 4.92. The van der Waals surface area contributed by atoms with Crippen molar-refractivity contribution in [2.24, 2.45) is 17.3 Å². The lowest BCUT2D eigenvalue weighted by Crippen LogP contribution is -2.46. The van der Waals surface area contributed by atoms with Gasteiger partial charge in [-0.25, -0.2) is 4.79 Å². The minimum Gasteiger partial charge on any atom is -0.464 e. The van der Waals surface area contributed by atoms with Crippen molar-refractivity contribution >= 4 is 11.9 Å². The van der Waals surface area contributed by atoms with Crippen molar-refractivity contribution in [1.29, 1.82) is 0 Å². The van der Waals surface area contributed by atoms with Crippen LogP contribution in [-0.2, 0) is 25.7 Å².